The molecule has 0 radical (unpaired) electrons. The molecule has 0 aliphatic carbocycles. The second-order valence-corrected chi connectivity index (χ2v) is 6.38. The fourth-order valence-corrected chi connectivity index (χ4v) is 3.02. The number of aromatic nitrogens is 4. The smallest absolute Gasteiger partial charge is 0.356 e. The Kier molecular flexibility index (Phi) is 6.00. The van der Waals surface area contributed by atoms with Crippen LogP contribution in [0.15, 0.2) is 36.8 Å². The molecule has 0 fully saturated rings. The number of amides is 1. The van der Waals surface area contributed by atoms with Gasteiger partial charge in [0.25, 0.3) is 0 Å². The van der Waals surface area contributed by atoms with E-state index < -0.39 is 11.7 Å². The summed E-state index contributed by atoms with van der Waals surface area (Å²) >= 11 is 0. The molecule has 1 N–H and O–H groups in total. The molecule has 29 heavy (non-hydrogen) atoms. The Hall–Kier alpha value is -3.17. The summed E-state index contributed by atoms with van der Waals surface area (Å²) in [5.41, 5.74) is 0.142. The lowest BCUT2D eigenvalue weighted by atomic mass is 10.1. The maximum Gasteiger partial charge on any atom is 0.416 e. The van der Waals surface area contributed by atoms with Crippen LogP contribution < -0.4 is 10.2 Å². The average Bonchev–Trinajstić information content (AvgIpc) is 3.10. The van der Waals surface area contributed by atoms with Gasteiger partial charge in [-0.2, -0.15) is 18.3 Å². The van der Waals surface area contributed by atoms with Gasteiger partial charge in [-0.3, -0.25) is 4.79 Å². The molecule has 0 unspecified atom stereocenters. The van der Waals surface area contributed by atoms with Gasteiger partial charge in [0.1, 0.15) is 18.7 Å². The number of rotatable bonds is 7. The summed E-state index contributed by atoms with van der Waals surface area (Å²) in [5.74, 6) is 0.367. The molecule has 3 rings (SSSR count). The molecule has 1 amide bonds. The van der Waals surface area contributed by atoms with Crippen LogP contribution in [0.3, 0.4) is 0 Å². The third kappa shape index (κ3) is 4.64. The molecular formula is C19H21F3N6O. The lowest BCUT2D eigenvalue weighted by Gasteiger charge is -2.19. The molecule has 0 aliphatic heterocycles. The van der Waals surface area contributed by atoms with E-state index in [4.69, 9.17) is 0 Å². The van der Waals surface area contributed by atoms with Crippen LogP contribution in [0.4, 0.5) is 19.0 Å². The predicted octanol–water partition coefficient (Wildman–Crippen LogP) is 3.01. The van der Waals surface area contributed by atoms with Crippen molar-refractivity contribution in [2.75, 3.05) is 18.0 Å². The molecule has 0 aliphatic rings. The lowest BCUT2D eigenvalue weighted by Crippen LogP contribution is -2.28. The van der Waals surface area contributed by atoms with Gasteiger partial charge in [0.15, 0.2) is 5.65 Å². The molecule has 7 nitrogen and oxygen atoms in total. The van der Waals surface area contributed by atoms with Crippen LogP contribution in [0, 0.1) is 0 Å². The van der Waals surface area contributed by atoms with Gasteiger partial charge >= 0.3 is 6.18 Å². The number of alkyl halides is 3. The topological polar surface area (TPSA) is 75.9 Å². The van der Waals surface area contributed by atoms with E-state index in [0.29, 0.717) is 11.2 Å². The maximum atomic E-state index is 12.8. The first-order chi connectivity index (χ1) is 13.8. The summed E-state index contributed by atoms with van der Waals surface area (Å²) in [4.78, 5) is 22.9. The molecule has 10 heteroatoms. The number of anilines is 1. The highest BCUT2D eigenvalue weighted by atomic mass is 19.4. The molecular weight excluding hydrogens is 385 g/mol. The first-order valence-electron chi connectivity index (χ1n) is 9.17. The van der Waals surface area contributed by atoms with Gasteiger partial charge in [-0.25, -0.2) is 14.6 Å². The van der Waals surface area contributed by atoms with E-state index in [-0.39, 0.29) is 19.0 Å². The van der Waals surface area contributed by atoms with Crippen molar-refractivity contribution < 1.29 is 18.0 Å². The first-order valence-corrected chi connectivity index (χ1v) is 9.17. The monoisotopic (exact) mass is 406 g/mol. The van der Waals surface area contributed by atoms with Crippen molar-refractivity contribution >= 4 is 22.8 Å². The average molecular weight is 406 g/mol. The number of fused-ring (bicyclic) bond motifs is 1. The van der Waals surface area contributed by atoms with Crippen LogP contribution in [-0.4, -0.2) is 38.7 Å². The Bertz CT molecular complexity index is 997. The largest absolute Gasteiger partial charge is 0.416 e. The molecule has 0 bridgehead atoms. The van der Waals surface area contributed by atoms with Crippen molar-refractivity contribution in [2.45, 2.75) is 33.1 Å². The summed E-state index contributed by atoms with van der Waals surface area (Å²) in [6.45, 7) is 5.46. The van der Waals surface area contributed by atoms with Gasteiger partial charge in [0, 0.05) is 19.6 Å². The van der Waals surface area contributed by atoms with Crippen LogP contribution in [0.25, 0.3) is 11.0 Å². The predicted molar refractivity (Wildman–Crippen MR) is 102 cm³/mol. The van der Waals surface area contributed by atoms with E-state index in [1.807, 2.05) is 13.8 Å². The SMILES string of the molecule is CCN(CC)c1ncnc2c1cnn2CC(=O)NCc1cccc(C(F)(F)F)c1. The van der Waals surface area contributed by atoms with Gasteiger partial charge in [-0.05, 0) is 31.5 Å². The molecule has 0 atom stereocenters. The highest BCUT2D eigenvalue weighted by Gasteiger charge is 2.30. The quantitative estimate of drug-likeness (QED) is 0.653. The van der Waals surface area contributed by atoms with Gasteiger partial charge < -0.3 is 10.2 Å². The Balaban J connectivity index is 1.70. The Morgan fingerprint density at radius 2 is 1.97 bits per heavy atom. The van der Waals surface area contributed by atoms with E-state index in [0.717, 1.165) is 36.4 Å². The number of hydrogen-bond donors (Lipinski definition) is 1. The second kappa shape index (κ2) is 8.46. The van der Waals surface area contributed by atoms with Crippen molar-refractivity contribution in [3.8, 4) is 0 Å². The standard InChI is InChI=1S/C19H21F3N6O/c1-3-27(4-2)17-15-10-26-28(18(15)25-12-24-17)11-16(29)23-9-13-6-5-7-14(8-13)19(20,21)22/h5-8,10,12H,3-4,9,11H2,1-2H3,(H,23,29). The molecule has 2 aromatic heterocycles. The minimum absolute atomic E-state index is 0.0123. The molecule has 1 aromatic carbocycles. The fourth-order valence-electron chi connectivity index (χ4n) is 3.02. The number of benzene rings is 1. The number of carbonyl (C=O) groups excluding carboxylic acids is 1. The van der Waals surface area contributed by atoms with Crippen LogP contribution in [-0.2, 0) is 24.1 Å². The number of nitrogens with one attached hydrogen (secondary N) is 1. The molecule has 154 valence electrons. The first kappa shape index (κ1) is 20.6. The van der Waals surface area contributed by atoms with Crippen molar-refractivity contribution in [3.63, 3.8) is 0 Å². The number of halogens is 3. The highest BCUT2D eigenvalue weighted by Crippen LogP contribution is 2.29. The number of carbonyl (C=O) groups is 1. The Morgan fingerprint density at radius 1 is 1.21 bits per heavy atom. The number of nitrogens with zero attached hydrogens (tertiary/aromatic N) is 5. The van der Waals surface area contributed by atoms with Crippen LogP contribution in [0.1, 0.15) is 25.0 Å². The molecule has 0 spiro atoms. The van der Waals surface area contributed by atoms with Crippen molar-refractivity contribution in [2.24, 2.45) is 0 Å². The zero-order valence-electron chi connectivity index (χ0n) is 16.1. The van der Waals surface area contributed by atoms with Crippen molar-refractivity contribution in [1.82, 2.24) is 25.1 Å². The van der Waals surface area contributed by atoms with E-state index in [2.05, 4.69) is 25.3 Å². The van der Waals surface area contributed by atoms with Crippen LogP contribution in [0.5, 0.6) is 0 Å². The number of hydrogen-bond acceptors (Lipinski definition) is 5. The van der Waals surface area contributed by atoms with E-state index in [1.54, 1.807) is 6.20 Å². The van der Waals surface area contributed by atoms with E-state index in [1.165, 1.54) is 23.1 Å². The van der Waals surface area contributed by atoms with Gasteiger partial charge in [0.2, 0.25) is 5.91 Å². The molecule has 0 saturated carbocycles. The van der Waals surface area contributed by atoms with Gasteiger partial charge in [-0.15, -0.1) is 0 Å². The Morgan fingerprint density at radius 3 is 2.66 bits per heavy atom. The minimum atomic E-state index is -4.42. The molecule has 2 heterocycles. The van der Waals surface area contributed by atoms with Crippen LogP contribution >= 0.6 is 0 Å². The summed E-state index contributed by atoms with van der Waals surface area (Å²) in [6.07, 6.45) is -1.38. The van der Waals surface area contributed by atoms with Crippen molar-refractivity contribution in [1.29, 1.82) is 0 Å². The summed E-state index contributed by atoms with van der Waals surface area (Å²) in [5, 5.41) is 7.58. The third-order valence-electron chi connectivity index (χ3n) is 4.51. The van der Waals surface area contributed by atoms with E-state index in [9.17, 15) is 18.0 Å². The molecule has 0 saturated heterocycles. The van der Waals surface area contributed by atoms with Crippen LogP contribution in [0.2, 0.25) is 0 Å². The zero-order valence-corrected chi connectivity index (χ0v) is 16.1. The zero-order chi connectivity index (χ0) is 21.0. The minimum Gasteiger partial charge on any atom is -0.356 e. The molecule has 3 aromatic rings. The van der Waals surface area contributed by atoms with Crippen molar-refractivity contribution in [3.05, 3.63) is 47.9 Å². The van der Waals surface area contributed by atoms with E-state index >= 15 is 0 Å². The fraction of sp³-hybridized carbons (Fsp3) is 0.368. The third-order valence-corrected chi connectivity index (χ3v) is 4.51. The normalized spacial score (nSPS) is 11.6. The summed E-state index contributed by atoms with van der Waals surface area (Å²) in [6, 6.07) is 4.86. The lowest BCUT2D eigenvalue weighted by molar-refractivity contribution is -0.137. The summed E-state index contributed by atoms with van der Waals surface area (Å²) in [7, 11) is 0. The Labute approximate surface area is 165 Å². The summed E-state index contributed by atoms with van der Waals surface area (Å²) < 4.78 is 39.8. The highest BCUT2D eigenvalue weighted by molar-refractivity contribution is 5.87. The second-order valence-electron chi connectivity index (χ2n) is 6.38. The van der Waals surface area contributed by atoms with Gasteiger partial charge in [0.05, 0.1) is 17.1 Å². The van der Waals surface area contributed by atoms with Gasteiger partial charge in [-0.1, -0.05) is 12.1 Å². The maximum absolute atomic E-state index is 12.8.